The van der Waals surface area contributed by atoms with Gasteiger partial charge in [0.1, 0.15) is 0 Å². The number of hydrogen-bond acceptors (Lipinski definition) is 1. The third-order valence-electron chi connectivity index (χ3n) is 3.07. The van der Waals surface area contributed by atoms with E-state index in [1.165, 1.54) is 0 Å². The van der Waals surface area contributed by atoms with Crippen molar-refractivity contribution >= 4 is 61.6 Å². The van der Waals surface area contributed by atoms with Crippen LogP contribution in [0.2, 0.25) is 10.0 Å². The van der Waals surface area contributed by atoms with E-state index in [0.29, 0.717) is 21.3 Å². The standard InChI is InChI=1S/C15H9BrCl2N2O/c16-8-1-4-14-10(5-8)11(7-19-14)15(21)20-9-2-3-12(17)13(18)6-9/h1-7,19H,(H,20,21). The summed E-state index contributed by atoms with van der Waals surface area (Å²) in [5.41, 5.74) is 2.06. The quantitative estimate of drug-likeness (QED) is 0.603. The summed E-state index contributed by atoms with van der Waals surface area (Å²) in [5, 5.41) is 4.50. The Labute approximate surface area is 139 Å². The lowest BCUT2D eigenvalue weighted by Crippen LogP contribution is -2.11. The smallest absolute Gasteiger partial charge is 0.257 e. The minimum atomic E-state index is -0.210. The Bertz CT molecular complexity index is 845. The van der Waals surface area contributed by atoms with Crippen molar-refractivity contribution < 1.29 is 4.79 Å². The maximum absolute atomic E-state index is 12.4. The number of amides is 1. The predicted molar refractivity (Wildman–Crippen MR) is 90.4 cm³/mol. The molecule has 2 aromatic carbocycles. The summed E-state index contributed by atoms with van der Waals surface area (Å²) in [6.07, 6.45) is 1.68. The summed E-state index contributed by atoms with van der Waals surface area (Å²) in [6, 6.07) is 10.7. The molecule has 0 bridgehead atoms. The molecule has 0 aliphatic rings. The average molecular weight is 384 g/mol. The number of carbonyl (C=O) groups is 1. The molecule has 3 rings (SSSR count). The number of carbonyl (C=O) groups excluding carboxylic acids is 1. The molecule has 0 atom stereocenters. The molecule has 2 N–H and O–H groups in total. The Morgan fingerprint density at radius 3 is 2.67 bits per heavy atom. The summed E-state index contributed by atoms with van der Waals surface area (Å²) in [6.45, 7) is 0. The number of halogens is 3. The first-order valence-electron chi connectivity index (χ1n) is 6.07. The van der Waals surface area contributed by atoms with Crippen molar-refractivity contribution in [3.05, 3.63) is 62.7 Å². The fourth-order valence-corrected chi connectivity index (χ4v) is 2.71. The van der Waals surface area contributed by atoms with Crippen molar-refractivity contribution in [3.8, 4) is 0 Å². The molecule has 21 heavy (non-hydrogen) atoms. The lowest BCUT2D eigenvalue weighted by atomic mass is 10.1. The normalized spacial score (nSPS) is 10.8. The summed E-state index contributed by atoms with van der Waals surface area (Å²) < 4.78 is 0.915. The molecule has 1 amide bonds. The van der Waals surface area contributed by atoms with Crippen molar-refractivity contribution in [2.45, 2.75) is 0 Å². The largest absolute Gasteiger partial charge is 0.360 e. The van der Waals surface area contributed by atoms with Gasteiger partial charge in [-0.15, -0.1) is 0 Å². The van der Waals surface area contributed by atoms with E-state index in [-0.39, 0.29) is 5.91 Å². The van der Waals surface area contributed by atoms with Crippen LogP contribution in [0.1, 0.15) is 10.4 Å². The highest BCUT2D eigenvalue weighted by Crippen LogP contribution is 2.27. The average Bonchev–Trinajstić information content (AvgIpc) is 2.86. The van der Waals surface area contributed by atoms with E-state index in [2.05, 4.69) is 26.2 Å². The van der Waals surface area contributed by atoms with Crippen molar-refractivity contribution in [2.24, 2.45) is 0 Å². The van der Waals surface area contributed by atoms with Gasteiger partial charge in [-0.05, 0) is 36.4 Å². The topological polar surface area (TPSA) is 44.9 Å². The maximum atomic E-state index is 12.4. The fraction of sp³-hybridized carbons (Fsp3) is 0. The van der Waals surface area contributed by atoms with Gasteiger partial charge in [-0.1, -0.05) is 39.1 Å². The second kappa shape index (κ2) is 5.72. The van der Waals surface area contributed by atoms with Crippen LogP contribution < -0.4 is 5.32 Å². The van der Waals surface area contributed by atoms with E-state index in [1.807, 2.05) is 18.2 Å². The van der Waals surface area contributed by atoms with E-state index in [4.69, 9.17) is 23.2 Å². The van der Waals surface area contributed by atoms with E-state index in [0.717, 1.165) is 15.4 Å². The van der Waals surface area contributed by atoms with E-state index >= 15 is 0 Å². The van der Waals surface area contributed by atoms with Crippen LogP contribution >= 0.6 is 39.1 Å². The number of anilines is 1. The Morgan fingerprint density at radius 1 is 1.10 bits per heavy atom. The molecule has 1 aromatic heterocycles. The van der Waals surface area contributed by atoms with Crippen LogP contribution in [-0.2, 0) is 0 Å². The number of H-pyrrole nitrogens is 1. The molecule has 0 spiro atoms. The molecule has 3 aromatic rings. The second-order valence-electron chi connectivity index (χ2n) is 4.48. The Kier molecular flexibility index (Phi) is 3.93. The highest BCUT2D eigenvalue weighted by Gasteiger charge is 2.13. The minimum absolute atomic E-state index is 0.210. The summed E-state index contributed by atoms with van der Waals surface area (Å²) in [7, 11) is 0. The molecular weight excluding hydrogens is 375 g/mol. The van der Waals surface area contributed by atoms with E-state index in [9.17, 15) is 4.79 Å². The molecule has 3 nitrogen and oxygen atoms in total. The lowest BCUT2D eigenvalue weighted by molar-refractivity contribution is 0.102. The van der Waals surface area contributed by atoms with Gasteiger partial charge < -0.3 is 10.3 Å². The molecule has 6 heteroatoms. The monoisotopic (exact) mass is 382 g/mol. The van der Waals surface area contributed by atoms with Gasteiger partial charge in [0, 0.05) is 27.3 Å². The first-order chi connectivity index (χ1) is 10.0. The van der Waals surface area contributed by atoms with Crippen molar-refractivity contribution in [1.82, 2.24) is 4.98 Å². The number of rotatable bonds is 2. The molecular formula is C15H9BrCl2N2O. The van der Waals surface area contributed by atoms with Crippen LogP contribution in [0, 0.1) is 0 Å². The zero-order chi connectivity index (χ0) is 15.0. The van der Waals surface area contributed by atoms with Gasteiger partial charge in [-0.2, -0.15) is 0 Å². The highest BCUT2D eigenvalue weighted by molar-refractivity contribution is 9.10. The maximum Gasteiger partial charge on any atom is 0.257 e. The van der Waals surface area contributed by atoms with Gasteiger partial charge in [0.05, 0.1) is 15.6 Å². The van der Waals surface area contributed by atoms with Crippen LogP contribution in [0.15, 0.2) is 47.1 Å². The number of benzene rings is 2. The fourth-order valence-electron chi connectivity index (χ4n) is 2.05. The van der Waals surface area contributed by atoms with Crippen LogP contribution in [0.4, 0.5) is 5.69 Å². The summed E-state index contributed by atoms with van der Waals surface area (Å²) in [5.74, 6) is -0.210. The third-order valence-corrected chi connectivity index (χ3v) is 4.30. The molecule has 0 unspecified atom stereocenters. The zero-order valence-corrected chi connectivity index (χ0v) is 13.7. The predicted octanol–water partition coefficient (Wildman–Crippen LogP) is 5.49. The molecule has 0 saturated heterocycles. The zero-order valence-electron chi connectivity index (χ0n) is 10.6. The van der Waals surface area contributed by atoms with Gasteiger partial charge in [0.15, 0.2) is 0 Å². The van der Waals surface area contributed by atoms with Crippen LogP contribution in [0.25, 0.3) is 10.9 Å². The Morgan fingerprint density at radius 2 is 1.90 bits per heavy atom. The van der Waals surface area contributed by atoms with Crippen molar-refractivity contribution in [2.75, 3.05) is 5.32 Å². The van der Waals surface area contributed by atoms with Crippen LogP contribution in [0.5, 0.6) is 0 Å². The molecule has 0 saturated carbocycles. The molecule has 0 aliphatic carbocycles. The molecule has 0 radical (unpaired) electrons. The first kappa shape index (κ1) is 14.4. The number of fused-ring (bicyclic) bond motifs is 1. The molecule has 1 heterocycles. The highest BCUT2D eigenvalue weighted by atomic mass is 79.9. The Hall–Kier alpha value is -1.49. The summed E-state index contributed by atoms with van der Waals surface area (Å²) >= 11 is 15.2. The van der Waals surface area contributed by atoms with E-state index < -0.39 is 0 Å². The van der Waals surface area contributed by atoms with Gasteiger partial charge in [0.25, 0.3) is 5.91 Å². The molecule has 106 valence electrons. The van der Waals surface area contributed by atoms with Crippen LogP contribution in [-0.4, -0.2) is 10.9 Å². The van der Waals surface area contributed by atoms with Gasteiger partial charge >= 0.3 is 0 Å². The third kappa shape index (κ3) is 2.93. The second-order valence-corrected chi connectivity index (χ2v) is 6.21. The number of aromatic amines is 1. The van der Waals surface area contributed by atoms with Crippen LogP contribution in [0.3, 0.4) is 0 Å². The molecule has 0 aliphatic heterocycles. The minimum Gasteiger partial charge on any atom is -0.360 e. The first-order valence-corrected chi connectivity index (χ1v) is 7.62. The number of hydrogen-bond donors (Lipinski definition) is 2. The van der Waals surface area contributed by atoms with Crippen molar-refractivity contribution in [1.29, 1.82) is 0 Å². The van der Waals surface area contributed by atoms with Gasteiger partial charge in [-0.25, -0.2) is 0 Å². The van der Waals surface area contributed by atoms with Crippen molar-refractivity contribution in [3.63, 3.8) is 0 Å². The number of aromatic nitrogens is 1. The van der Waals surface area contributed by atoms with E-state index in [1.54, 1.807) is 24.4 Å². The SMILES string of the molecule is O=C(Nc1ccc(Cl)c(Cl)c1)c1c[nH]c2ccc(Br)cc12. The van der Waals surface area contributed by atoms with Gasteiger partial charge in [-0.3, -0.25) is 4.79 Å². The summed E-state index contributed by atoms with van der Waals surface area (Å²) in [4.78, 5) is 15.4. The molecule has 0 fully saturated rings. The number of nitrogens with one attached hydrogen (secondary N) is 2. The Balaban J connectivity index is 1.93. The van der Waals surface area contributed by atoms with Gasteiger partial charge in [0.2, 0.25) is 0 Å². The lowest BCUT2D eigenvalue weighted by Gasteiger charge is -2.05.